The second kappa shape index (κ2) is 4.47. The van der Waals surface area contributed by atoms with Crippen molar-refractivity contribution in [3.63, 3.8) is 0 Å². The van der Waals surface area contributed by atoms with Gasteiger partial charge in [0, 0.05) is 37.1 Å². The number of aryl methyl sites for hydroxylation is 1. The second-order valence-corrected chi connectivity index (χ2v) is 6.00. The van der Waals surface area contributed by atoms with E-state index in [4.69, 9.17) is 5.73 Å². The molecule has 3 N–H and O–H groups in total. The van der Waals surface area contributed by atoms with Gasteiger partial charge in [0.15, 0.2) is 5.13 Å². The van der Waals surface area contributed by atoms with E-state index in [1.54, 1.807) is 29.3 Å². The minimum atomic E-state index is -3.57. The molecule has 0 bridgehead atoms. The number of sulfonamides is 1. The van der Waals surface area contributed by atoms with Gasteiger partial charge in [-0.3, -0.25) is 4.72 Å². The van der Waals surface area contributed by atoms with E-state index in [0.29, 0.717) is 11.7 Å². The van der Waals surface area contributed by atoms with Crippen LogP contribution in [0.25, 0.3) is 0 Å². The average Bonchev–Trinajstić information content (AvgIpc) is 2.87. The first kappa shape index (κ1) is 12.1. The van der Waals surface area contributed by atoms with E-state index < -0.39 is 10.0 Å². The number of nitrogens with two attached hydrogens (primary N) is 1. The smallest absolute Gasteiger partial charge is 0.265 e. The summed E-state index contributed by atoms with van der Waals surface area (Å²) in [6, 6.07) is 1.55. The van der Waals surface area contributed by atoms with Gasteiger partial charge in [0.1, 0.15) is 4.90 Å². The molecule has 0 amide bonds. The van der Waals surface area contributed by atoms with Crippen LogP contribution in [0.1, 0.15) is 5.69 Å². The summed E-state index contributed by atoms with van der Waals surface area (Å²) in [6.07, 6.45) is 3.07. The summed E-state index contributed by atoms with van der Waals surface area (Å²) in [7, 11) is -1.82. The fourth-order valence-corrected chi connectivity index (χ4v) is 3.26. The second-order valence-electron chi connectivity index (χ2n) is 3.42. The molecule has 0 saturated heterocycles. The van der Waals surface area contributed by atoms with Crippen molar-refractivity contribution in [3.8, 4) is 0 Å². The molecule has 0 unspecified atom stereocenters. The lowest BCUT2D eigenvalue weighted by molar-refractivity contribution is 0.601. The Labute approximate surface area is 103 Å². The number of rotatable bonds is 4. The first-order valence-electron chi connectivity index (χ1n) is 4.80. The van der Waals surface area contributed by atoms with Crippen molar-refractivity contribution in [3.05, 3.63) is 29.5 Å². The Morgan fingerprint density at radius 1 is 1.59 bits per heavy atom. The lowest BCUT2D eigenvalue weighted by Crippen LogP contribution is -2.11. The molecule has 2 aromatic heterocycles. The quantitative estimate of drug-likeness (QED) is 0.859. The molecule has 0 aromatic carbocycles. The van der Waals surface area contributed by atoms with Gasteiger partial charge in [0.2, 0.25) is 0 Å². The molecule has 0 spiro atoms. The van der Waals surface area contributed by atoms with E-state index in [0.717, 1.165) is 5.69 Å². The van der Waals surface area contributed by atoms with E-state index in [2.05, 4.69) is 9.71 Å². The van der Waals surface area contributed by atoms with Crippen molar-refractivity contribution in [2.45, 2.75) is 11.4 Å². The van der Waals surface area contributed by atoms with Crippen LogP contribution in [0.3, 0.4) is 0 Å². The van der Waals surface area contributed by atoms with Crippen molar-refractivity contribution in [1.82, 2.24) is 9.55 Å². The standard InChI is InChI=1S/C9H12N4O2S2/c1-13-6-8(4-7(13)5-10)17(14,15)12-9-11-2-3-16-9/h2-4,6H,5,10H2,1H3,(H,11,12). The average molecular weight is 272 g/mol. The SMILES string of the molecule is Cn1cc(S(=O)(=O)Nc2nccs2)cc1CN. The van der Waals surface area contributed by atoms with E-state index >= 15 is 0 Å². The van der Waals surface area contributed by atoms with Gasteiger partial charge in [-0.15, -0.1) is 11.3 Å². The van der Waals surface area contributed by atoms with Crippen LogP contribution in [0.2, 0.25) is 0 Å². The molecule has 0 aliphatic carbocycles. The number of hydrogen-bond acceptors (Lipinski definition) is 5. The molecular weight excluding hydrogens is 260 g/mol. The summed E-state index contributed by atoms with van der Waals surface area (Å²) in [6.45, 7) is 0.295. The summed E-state index contributed by atoms with van der Waals surface area (Å²) < 4.78 is 28.1. The zero-order valence-corrected chi connectivity index (χ0v) is 10.8. The zero-order valence-electron chi connectivity index (χ0n) is 9.12. The van der Waals surface area contributed by atoms with E-state index in [-0.39, 0.29) is 4.90 Å². The highest BCUT2D eigenvalue weighted by molar-refractivity contribution is 7.93. The van der Waals surface area contributed by atoms with Gasteiger partial charge in [-0.1, -0.05) is 0 Å². The summed E-state index contributed by atoms with van der Waals surface area (Å²) in [5.74, 6) is 0. The fraction of sp³-hybridized carbons (Fsp3) is 0.222. The Bertz CT molecular complexity index is 601. The maximum Gasteiger partial charge on any atom is 0.265 e. The van der Waals surface area contributed by atoms with Crippen LogP contribution in [-0.2, 0) is 23.6 Å². The Morgan fingerprint density at radius 3 is 2.88 bits per heavy atom. The van der Waals surface area contributed by atoms with Crippen LogP contribution in [0.4, 0.5) is 5.13 Å². The van der Waals surface area contributed by atoms with Gasteiger partial charge in [-0.25, -0.2) is 13.4 Å². The molecule has 0 aliphatic heterocycles. The van der Waals surface area contributed by atoms with E-state index in [9.17, 15) is 8.42 Å². The highest BCUT2D eigenvalue weighted by Gasteiger charge is 2.18. The lowest BCUT2D eigenvalue weighted by atomic mass is 10.4. The molecule has 8 heteroatoms. The minimum Gasteiger partial charge on any atom is -0.352 e. The molecule has 2 rings (SSSR count). The first-order chi connectivity index (χ1) is 8.03. The maximum atomic E-state index is 12.0. The molecule has 0 fully saturated rings. The van der Waals surface area contributed by atoms with Crippen molar-refractivity contribution < 1.29 is 8.42 Å². The predicted molar refractivity (Wildman–Crippen MR) is 66.2 cm³/mol. The maximum absolute atomic E-state index is 12.0. The molecule has 2 heterocycles. The van der Waals surface area contributed by atoms with Gasteiger partial charge < -0.3 is 10.3 Å². The summed E-state index contributed by atoms with van der Waals surface area (Å²) in [4.78, 5) is 4.06. The third-order valence-electron chi connectivity index (χ3n) is 2.26. The van der Waals surface area contributed by atoms with Crippen molar-refractivity contribution in [1.29, 1.82) is 0 Å². The number of thiazole rings is 1. The molecule has 0 aliphatic rings. The highest BCUT2D eigenvalue weighted by Crippen LogP contribution is 2.19. The lowest BCUT2D eigenvalue weighted by Gasteiger charge is -2.01. The summed E-state index contributed by atoms with van der Waals surface area (Å²) in [5.41, 5.74) is 6.25. The Balaban J connectivity index is 2.31. The predicted octanol–water partition coefficient (Wildman–Crippen LogP) is 0.741. The van der Waals surface area contributed by atoms with E-state index in [1.165, 1.54) is 17.5 Å². The third-order valence-corrected chi connectivity index (χ3v) is 4.38. The van der Waals surface area contributed by atoms with Crippen molar-refractivity contribution in [2.24, 2.45) is 12.8 Å². The fourth-order valence-electron chi connectivity index (χ4n) is 1.37. The highest BCUT2D eigenvalue weighted by atomic mass is 32.2. The number of anilines is 1. The molecule has 0 atom stereocenters. The van der Waals surface area contributed by atoms with Crippen molar-refractivity contribution >= 4 is 26.5 Å². The summed E-state index contributed by atoms with van der Waals surface area (Å²) >= 11 is 1.23. The Morgan fingerprint density at radius 2 is 2.35 bits per heavy atom. The van der Waals surface area contributed by atoms with Crippen LogP contribution >= 0.6 is 11.3 Å². The summed E-state index contributed by atoms with van der Waals surface area (Å²) in [5, 5.41) is 2.05. The molecule has 92 valence electrons. The van der Waals surface area contributed by atoms with E-state index in [1.807, 2.05) is 0 Å². The van der Waals surface area contributed by atoms with Crippen LogP contribution in [0.5, 0.6) is 0 Å². The largest absolute Gasteiger partial charge is 0.352 e. The van der Waals surface area contributed by atoms with Gasteiger partial charge >= 0.3 is 0 Å². The molecular formula is C9H12N4O2S2. The van der Waals surface area contributed by atoms with Gasteiger partial charge in [0.05, 0.1) is 0 Å². The molecule has 0 radical (unpaired) electrons. The normalized spacial score (nSPS) is 11.6. The number of hydrogen-bond donors (Lipinski definition) is 2. The van der Waals surface area contributed by atoms with Gasteiger partial charge in [0.25, 0.3) is 10.0 Å². The Hall–Kier alpha value is -1.38. The zero-order chi connectivity index (χ0) is 12.5. The first-order valence-corrected chi connectivity index (χ1v) is 7.17. The van der Waals surface area contributed by atoms with Gasteiger partial charge in [-0.05, 0) is 6.07 Å². The molecule has 17 heavy (non-hydrogen) atoms. The van der Waals surface area contributed by atoms with Gasteiger partial charge in [-0.2, -0.15) is 0 Å². The molecule has 0 saturated carbocycles. The third kappa shape index (κ3) is 2.48. The number of aromatic nitrogens is 2. The van der Waals surface area contributed by atoms with Crippen LogP contribution in [0, 0.1) is 0 Å². The molecule has 2 aromatic rings. The number of nitrogens with one attached hydrogen (secondary N) is 1. The number of nitrogens with zero attached hydrogens (tertiary/aromatic N) is 2. The van der Waals surface area contributed by atoms with Crippen LogP contribution in [-0.4, -0.2) is 18.0 Å². The van der Waals surface area contributed by atoms with Crippen LogP contribution < -0.4 is 10.5 Å². The van der Waals surface area contributed by atoms with Crippen LogP contribution in [0.15, 0.2) is 28.7 Å². The van der Waals surface area contributed by atoms with Crippen molar-refractivity contribution in [2.75, 3.05) is 4.72 Å². The monoisotopic (exact) mass is 272 g/mol. The topological polar surface area (TPSA) is 90.0 Å². The Kier molecular flexibility index (Phi) is 3.18. The minimum absolute atomic E-state index is 0.190. The molecule has 6 nitrogen and oxygen atoms in total.